The van der Waals surface area contributed by atoms with Crippen LogP contribution in [0.4, 0.5) is 4.79 Å². The van der Waals surface area contributed by atoms with Crippen molar-refractivity contribution in [3.8, 4) is 0 Å². The number of hydrogen-bond acceptors (Lipinski definition) is 2. The molecule has 7 heteroatoms. The van der Waals surface area contributed by atoms with Crippen LogP contribution in [0.3, 0.4) is 0 Å². The van der Waals surface area contributed by atoms with Gasteiger partial charge >= 0.3 is 26.2 Å². The third kappa shape index (κ3) is 23400. The second-order valence-corrected chi connectivity index (χ2v) is 0.283. The summed E-state index contributed by atoms with van der Waals surface area (Å²) in [6.07, 6.45) is -1.83. The van der Waals surface area contributed by atoms with Crippen LogP contribution in [-0.2, 0) is 20.9 Å². The van der Waals surface area contributed by atoms with Crippen molar-refractivity contribution >= 4 is 22.4 Å². The van der Waals surface area contributed by atoms with Crippen LogP contribution in [0.5, 0.6) is 0 Å². The second kappa shape index (κ2) is 27.6. The molecule has 0 atom stereocenters. The fourth-order valence-electron chi connectivity index (χ4n) is 0. The van der Waals surface area contributed by atoms with Crippen molar-refractivity contribution in [2.24, 2.45) is 0 Å². The van der Waals surface area contributed by atoms with Crippen molar-refractivity contribution in [3.05, 3.63) is 0 Å². The molecular weight excluding hydrogens is 175 g/mol. The van der Waals surface area contributed by atoms with Crippen LogP contribution in [0.1, 0.15) is 0 Å². The van der Waals surface area contributed by atoms with Crippen molar-refractivity contribution in [2.45, 2.75) is 0 Å². The predicted octanol–water partition coefficient (Wildman–Crippen LogP) is -1.37. The molecule has 50 valence electrons. The van der Waals surface area contributed by atoms with Crippen LogP contribution >= 0.6 is 0 Å². The van der Waals surface area contributed by atoms with Crippen LogP contribution in [0.25, 0.3) is 0 Å². The van der Waals surface area contributed by atoms with E-state index >= 15 is 0 Å². The summed E-state index contributed by atoms with van der Waals surface area (Å²) in [4.78, 5) is 8.56. The fraction of sp³-hybridized carbons (Fsp3) is 0. The number of carbonyl (C=O) groups is 1. The summed E-state index contributed by atoms with van der Waals surface area (Å²) < 4.78 is 8.28. The number of hydrogen-bond donors (Lipinski definition) is 2. The summed E-state index contributed by atoms with van der Waals surface area (Å²) in [5.74, 6) is 0. The first kappa shape index (κ1) is 24.3. The van der Waals surface area contributed by atoms with E-state index in [9.17, 15) is 0 Å². The molecule has 8 heavy (non-hydrogen) atoms. The maximum absolute atomic E-state index is 8.56. The number of carboxylic acid groups (broad SMARTS) is 2. The summed E-state index contributed by atoms with van der Waals surface area (Å²) in [6.45, 7) is 0. The second-order valence-electron chi connectivity index (χ2n) is 0.283. The van der Waals surface area contributed by atoms with Gasteiger partial charge in [-0.1, -0.05) is 0 Å². The van der Waals surface area contributed by atoms with E-state index in [-0.39, 0.29) is 22.5 Å². The van der Waals surface area contributed by atoms with Crippen molar-refractivity contribution in [1.82, 2.24) is 0 Å². The van der Waals surface area contributed by atoms with Crippen molar-refractivity contribution in [3.63, 3.8) is 0 Å². The van der Waals surface area contributed by atoms with E-state index in [2.05, 4.69) is 0 Å². The minimum absolute atomic E-state index is 0. The van der Waals surface area contributed by atoms with Gasteiger partial charge in [0.1, 0.15) is 0 Å². The summed E-state index contributed by atoms with van der Waals surface area (Å²) in [5, 5.41) is 13.9. The zero-order valence-corrected chi connectivity index (χ0v) is 6.29. The molecule has 0 aliphatic rings. The fourth-order valence-corrected chi connectivity index (χ4v) is 0. The monoisotopic (exact) mass is 180 g/mol. The van der Waals surface area contributed by atoms with E-state index < -0.39 is 6.16 Å². The van der Waals surface area contributed by atoms with Gasteiger partial charge in [-0.2, -0.15) is 0 Å². The van der Waals surface area contributed by atoms with Gasteiger partial charge in [0, 0.05) is 17.1 Å². The van der Waals surface area contributed by atoms with Crippen LogP contribution in [0, 0.1) is 0 Å². The van der Waals surface area contributed by atoms with E-state index in [1.165, 1.54) is 0 Å². The zero-order valence-electron chi connectivity index (χ0n) is 3.77. The third-order valence-electron chi connectivity index (χ3n) is 0. The molecule has 0 saturated heterocycles. The van der Waals surface area contributed by atoms with Gasteiger partial charge in [0.15, 0.2) is 0 Å². The molecule has 0 aliphatic carbocycles. The molecule has 0 rings (SSSR count). The molecular formula is CH5AlFeO5. The predicted molar refractivity (Wildman–Crippen MR) is 22.1 cm³/mol. The quantitative estimate of drug-likeness (QED) is 0.448. The van der Waals surface area contributed by atoms with Gasteiger partial charge in [0.2, 0.25) is 0 Å². The molecule has 0 fully saturated rings. The standard InChI is InChI=1S/CH2O3.Al.Fe.H2O.O.H/c2-1(3)4;;;;;/h(H2,2,3,4);;;1H2;;. The summed E-state index contributed by atoms with van der Waals surface area (Å²) >= 11 is 0.611. The molecule has 4 N–H and O–H groups in total. The Labute approximate surface area is 64.1 Å². The van der Waals surface area contributed by atoms with Crippen molar-refractivity contribution in [1.29, 1.82) is 0 Å². The van der Waals surface area contributed by atoms with E-state index in [1.54, 1.807) is 0 Å². The molecule has 0 spiro atoms. The Morgan fingerprint density at radius 3 is 1.25 bits per heavy atom. The molecule has 0 bridgehead atoms. The van der Waals surface area contributed by atoms with Crippen LogP contribution < -0.4 is 0 Å². The van der Waals surface area contributed by atoms with E-state index in [0.717, 1.165) is 0 Å². The van der Waals surface area contributed by atoms with Gasteiger partial charge in [-0.05, 0) is 0 Å². The third-order valence-corrected chi connectivity index (χ3v) is 0. The Kier molecular flexibility index (Phi) is 83.9. The zero-order chi connectivity index (χ0) is 5.58. The molecule has 0 radical (unpaired) electrons. The number of rotatable bonds is 0. The van der Waals surface area contributed by atoms with E-state index in [1.807, 2.05) is 0 Å². The van der Waals surface area contributed by atoms with Gasteiger partial charge in [0.25, 0.3) is 0 Å². The Morgan fingerprint density at radius 2 is 1.25 bits per heavy atom. The van der Waals surface area contributed by atoms with E-state index in [0.29, 0.717) is 16.2 Å². The average Bonchev–Trinajstić information content (AvgIpc) is 1.41. The molecule has 0 saturated carbocycles. The first-order chi connectivity index (χ1) is 2.73. The van der Waals surface area contributed by atoms with Gasteiger partial charge in [-0.25, -0.2) is 4.79 Å². The van der Waals surface area contributed by atoms with Crippen molar-refractivity contribution < 1.29 is 41.4 Å². The first-order valence-electron chi connectivity index (χ1n) is 0.940. The first-order valence-corrected chi connectivity index (χ1v) is 1.52. The van der Waals surface area contributed by atoms with Gasteiger partial charge < -0.3 is 15.7 Å². The molecule has 0 aliphatic heterocycles. The minimum atomic E-state index is -1.83. The summed E-state index contributed by atoms with van der Waals surface area (Å²) in [5.41, 5.74) is 0. The average molecular weight is 180 g/mol. The maximum atomic E-state index is 8.56. The Hall–Kier alpha value is 0.0819. The Balaban J connectivity index is -0.0000000183. The molecule has 0 aromatic rings. The Bertz CT molecular complexity index is 43.7. The molecule has 0 amide bonds. The molecule has 0 unspecified atom stereocenters. The van der Waals surface area contributed by atoms with Gasteiger partial charge in [-0.15, -0.1) is 0 Å². The van der Waals surface area contributed by atoms with Gasteiger partial charge in [0.05, 0.1) is 0 Å². The Morgan fingerprint density at radius 1 is 1.25 bits per heavy atom. The summed E-state index contributed by atoms with van der Waals surface area (Å²) in [7, 11) is 0. The van der Waals surface area contributed by atoms with Crippen LogP contribution in [-0.4, -0.2) is 38.1 Å². The molecule has 0 heterocycles. The SMILES string of the molecule is O.O=C(O)O.[Fe].[O]=[AlH]. The normalized spacial score (nSPS) is 3.38. The van der Waals surface area contributed by atoms with Gasteiger partial charge in [-0.3, -0.25) is 0 Å². The van der Waals surface area contributed by atoms with E-state index in [4.69, 9.17) is 18.8 Å². The van der Waals surface area contributed by atoms with Crippen LogP contribution in [0.15, 0.2) is 0 Å². The topological polar surface area (TPSA) is 106 Å². The molecule has 0 aromatic carbocycles. The van der Waals surface area contributed by atoms with Crippen molar-refractivity contribution in [2.75, 3.05) is 0 Å². The van der Waals surface area contributed by atoms with Crippen LogP contribution in [0.2, 0.25) is 0 Å². The summed E-state index contributed by atoms with van der Waals surface area (Å²) in [6, 6.07) is 0. The molecule has 0 aromatic heterocycles. The molecule has 5 nitrogen and oxygen atoms in total.